The van der Waals surface area contributed by atoms with E-state index in [-0.39, 0.29) is 0 Å². The number of nitrogens with one attached hydrogen (secondary N) is 1. The molecule has 0 aliphatic heterocycles. The fraction of sp³-hybridized carbons (Fsp3) is 0.333. The van der Waals surface area contributed by atoms with Crippen LogP contribution < -0.4 is 5.32 Å². The monoisotopic (exact) mass is 301 g/mol. The smallest absolute Gasteiger partial charge is 0.0503 e. The number of hydrogen-bond acceptors (Lipinski definition) is 2. The highest BCUT2D eigenvalue weighted by Crippen LogP contribution is 2.28. The van der Waals surface area contributed by atoms with Crippen molar-refractivity contribution < 1.29 is 4.74 Å². The fourth-order valence-corrected chi connectivity index (χ4v) is 3.19. The lowest BCUT2D eigenvalue weighted by molar-refractivity contribution is 0.202. The second kappa shape index (κ2) is 6.50. The van der Waals surface area contributed by atoms with E-state index in [2.05, 4.69) is 41.7 Å². The zero-order valence-corrected chi connectivity index (χ0v) is 13.0. The maximum absolute atomic E-state index is 6.08. The van der Waals surface area contributed by atoms with Gasteiger partial charge in [-0.3, -0.25) is 0 Å². The first kappa shape index (κ1) is 14.4. The molecule has 21 heavy (non-hydrogen) atoms. The van der Waals surface area contributed by atoms with Gasteiger partial charge in [-0.2, -0.15) is 0 Å². The van der Waals surface area contributed by atoms with E-state index in [9.17, 15) is 0 Å². The number of ether oxygens (including phenoxy) is 1. The van der Waals surface area contributed by atoms with E-state index in [1.165, 1.54) is 22.4 Å². The molecule has 110 valence electrons. The van der Waals surface area contributed by atoms with Crippen molar-refractivity contribution in [3.63, 3.8) is 0 Å². The summed E-state index contributed by atoms with van der Waals surface area (Å²) < 4.78 is 5.19. The van der Waals surface area contributed by atoms with Gasteiger partial charge >= 0.3 is 0 Å². The molecule has 0 aromatic heterocycles. The Bertz CT molecular complexity index is 626. The summed E-state index contributed by atoms with van der Waals surface area (Å²) in [5.74, 6) is 0. The van der Waals surface area contributed by atoms with E-state index in [0.29, 0.717) is 6.04 Å². The fourth-order valence-electron chi connectivity index (χ4n) is 3.00. The lowest BCUT2D eigenvalue weighted by Gasteiger charge is -2.17. The van der Waals surface area contributed by atoms with Crippen molar-refractivity contribution in [1.29, 1.82) is 0 Å². The van der Waals surface area contributed by atoms with Crippen LogP contribution in [0.4, 0.5) is 5.69 Å². The molecule has 0 saturated carbocycles. The molecule has 1 aliphatic rings. The van der Waals surface area contributed by atoms with E-state index >= 15 is 0 Å². The van der Waals surface area contributed by atoms with Crippen LogP contribution in [-0.4, -0.2) is 19.8 Å². The van der Waals surface area contributed by atoms with E-state index in [4.69, 9.17) is 16.3 Å². The molecular weight excluding hydrogens is 282 g/mol. The van der Waals surface area contributed by atoms with Gasteiger partial charge in [-0.1, -0.05) is 35.9 Å². The topological polar surface area (TPSA) is 21.3 Å². The van der Waals surface area contributed by atoms with Crippen molar-refractivity contribution in [3.05, 3.63) is 64.2 Å². The molecule has 1 N–H and O–H groups in total. The molecule has 0 heterocycles. The highest BCUT2D eigenvalue weighted by molar-refractivity contribution is 6.30. The van der Waals surface area contributed by atoms with E-state index < -0.39 is 0 Å². The first-order valence-electron chi connectivity index (χ1n) is 7.37. The van der Waals surface area contributed by atoms with Crippen molar-refractivity contribution >= 4 is 17.3 Å². The van der Waals surface area contributed by atoms with Gasteiger partial charge in [0.2, 0.25) is 0 Å². The minimum Gasteiger partial charge on any atom is -0.384 e. The molecule has 0 fully saturated rings. The largest absolute Gasteiger partial charge is 0.384 e. The first-order chi connectivity index (χ1) is 10.3. The Kier molecular flexibility index (Phi) is 4.47. The number of fused-ring (bicyclic) bond motifs is 1. The maximum Gasteiger partial charge on any atom is 0.0503 e. The number of hydrogen-bond donors (Lipinski definition) is 1. The number of methoxy groups -OCH3 is 1. The number of rotatable bonds is 5. The van der Waals surface area contributed by atoms with Crippen LogP contribution in [0, 0.1) is 0 Å². The summed E-state index contributed by atoms with van der Waals surface area (Å²) in [6.45, 7) is 0.749. The van der Waals surface area contributed by atoms with Gasteiger partial charge in [-0.25, -0.2) is 0 Å². The highest BCUT2D eigenvalue weighted by Gasteiger charge is 2.21. The molecule has 1 aliphatic carbocycles. The summed E-state index contributed by atoms with van der Waals surface area (Å²) in [6, 6.07) is 15.2. The van der Waals surface area contributed by atoms with Crippen LogP contribution in [0.25, 0.3) is 0 Å². The zero-order chi connectivity index (χ0) is 14.7. The van der Waals surface area contributed by atoms with Gasteiger partial charge in [0.1, 0.15) is 0 Å². The lowest BCUT2D eigenvalue weighted by atomic mass is 10.1. The van der Waals surface area contributed by atoms with Crippen molar-refractivity contribution in [1.82, 2.24) is 0 Å². The van der Waals surface area contributed by atoms with Gasteiger partial charge in [0, 0.05) is 23.9 Å². The molecule has 0 radical (unpaired) electrons. The molecule has 2 aromatic carbocycles. The van der Waals surface area contributed by atoms with Gasteiger partial charge < -0.3 is 10.1 Å². The summed E-state index contributed by atoms with van der Waals surface area (Å²) in [5.41, 5.74) is 5.31. The quantitative estimate of drug-likeness (QED) is 0.897. The molecule has 3 rings (SSSR count). The predicted octanol–water partition coefficient (Wildman–Crippen LogP) is 4.11. The molecule has 1 unspecified atom stereocenters. The van der Waals surface area contributed by atoms with Crippen LogP contribution in [-0.2, 0) is 24.0 Å². The molecule has 3 heteroatoms. The van der Waals surface area contributed by atoms with Gasteiger partial charge in [-0.05, 0) is 54.2 Å². The molecule has 1 atom stereocenters. The Balaban J connectivity index is 1.71. The molecule has 0 bridgehead atoms. The Hall–Kier alpha value is -1.51. The van der Waals surface area contributed by atoms with Gasteiger partial charge in [-0.15, -0.1) is 0 Å². The van der Waals surface area contributed by atoms with Crippen LogP contribution in [0.2, 0.25) is 5.02 Å². The number of para-hydroxylation sites is 1. The molecule has 2 aromatic rings. The summed E-state index contributed by atoms with van der Waals surface area (Å²) in [7, 11) is 1.74. The summed E-state index contributed by atoms with van der Waals surface area (Å²) in [6.07, 6.45) is 3.03. The van der Waals surface area contributed by atoms with Crippen LogP contribution in [0.1, 0.15) is 16.7 Å². The van der Waals surface area contributed by atoms with E-state index in [1.807, 2.05) is 6.07 Å². The van der Waals surface area contributed by atoms with Gasteiger partial charge in [0.25, 0.3) is 0 Å². The summed E-state index contributed by atoms with van der Waals surface area (Å²) in [5, 5.41) is 4.51. The normalized spacial score (nSPS) is 16.8. The summed E-state index contributed by atoms with van der Waals surface area (Å²) >= 11 is 6.08. The van der Waals surface area contributed by atoms with Crippen molar-refractivity contribution in [2.75, 3.05) is 19.0 Å². The standard InChI is InChI=1S/C18H20ClNO/c1-21-9-8-13-4-2-3-5-18(13)20-17-11-14-6-7-16(19)10-15(14)12-17/h2-7,10,17,20H,8-9,11-12H2,1H3. The van der Waals surface area contributed by atoms with Crippen molar-refractivity contribution in [3.8, 4) is 0 Å². The maximum atomic E-state index is 6.08. The van der Waals surface area contributed by atoms with Crippen molar-refractivity contribution in [2.24, 2.45) is 0 Å². The zero-order valence-electron chi connectivity index (χ0n) is 12.2. The third kappa shape index (κ3) is 3.39. The minimum absolute atomic E-state index is 0.446. The molecule has 0 saturated heterocycles. The number of anilines is 1. The molecular formula is C18H20ClNO. The second-order valence-corrected chi connectivity index (χ2v) is 6.00. The highest BCUT2D eigenvalue weighted by atomic mass is 35.5. The SMILES string of the molecule is COCCc1ccccc1NC1Cc2ccc(Cl)cc2C1. The van der Waals surface area contributed by atoms with E-state index in [0.717, 1.165) is 30.9 Å². The molecule has 0 amide bonds. The molecule has 2 nitrogen and oxygen atoms in total. The van der Waals surface area contributed by atoms with Crippen LogP contribution >= 0.6 is 11.6 Å². The van der Waals surface area contributed by atoms with Crippen molar-refractivity contribution in [2.45, 2.75) is 25.3 Å². The van der Waals surface area contributed by atoms with E-state index in [1.54, 1.807) is 7.11 Å². The van der Waals surface area contributed by atoms with Gasteiger partial charge in [0.05, 0.1) is 6.61 Å². The summed E-state index contributed by atoms with van der Waals surface area (Å²) in [4.78, 5) is 0. The Morgan fingerprint density at radius 2 is 1.95 bits per heavy atom. The average Bonchev–Trinajstić information content (AvgIpc) is 2.87. The first-order valence-corrected chi connectivity index (χ1v) is 7.75. The van der Waals surface area contributed by atoms with Crippen LogP contribution in [0.3, 0.4) is 0 Å². The lowest BCUT2D eigenvalue weighted by Crippen LogP contribution is -2.20. The average molecular weight is 302 g/mol. The van der Waals surface area contributed by atoms with Crippen LogP contribution in [0.15, 0.2) is 42.5 Å². The number of halogens is 1. The third-order valence-electron chi connectivity index (χ3n) is 4.05. The Morgan fingerprint density at radius 1 is 1.14 bits per heavy atom. The molecule has 0 spiro atoms. The Labute approximate surface area is 131 Å². The third-order valence-corrected chi connectivity index (χ3v) is 4.29. The van der Waals surface area contributed by atoms with Gasteiger partial charge in [0.15, 0.2) is 0 Å². The predicted molar refractivity (Wildman–Crippen MR) is 88.3 cm³/mol. The second-order valence-electron chi connectivity index (χ2n) is 5.56. The van der Waals surface area contributed by atoms with Crippen LogP contribution in [0.5, 0.6) is 0 Å². The number of benzene rings is 2. The Morgan fingerprint density at radius 3 is 2.81 bits per heavy atom. The minimum atomic E-state index is 0.446.